The Morgan fingerprint density at radius 3 is 2.48 bits per heavy atom. The van der Waals surface area contributed by atoms with Crippen LogP contribution in [0.4, 0.5) is 0 Å². The smallest absolute Gasteiger partial charge is 0.339 e. The standard InChI is InChI=1S/C15H13ClO5/c16-12-3-1-2-4-14(12)21-8-7-20-10-5-6-11(15(18)19)13(17)9-10/h1-6,9,17H,7-8H2,(H,18,19). The van der Waals surface area contributed by atoms with E-state index in [1.165, 1.54) is 18.2 Å². The lowest BCUT2D eigenvalue weighted by Gasteiger charge is -2.10. The molecule has 0 unspecified atom stereocenters. The molecule has 5 nitrogen and oxygen atoms in total. The highest BCUT2D eigenvalue weighted by atomic mass is 35.5. The van der Waals surface area contributed by atoms with Crippen LogP contribution in [0, 0.1) is 0 Å². The average Bonchev–Trinajstić information content (AvgIpc) is 2.45. The molecule has 0 bridgehead atoms. The van der Waals surface area contributed by atoms with E-state index in [9.17, 15) is 9.90 Å². The van der Waals surface area contributed by atoms with Crippen LogP contribution in [0.25, 0.3) is 0 Å². The van der Waals surface area contributed by atoms with Crippen molar-refractivity contribution in [2.75, 3.05) is 13.2 Å². The number of aromatic carboxylic acids is 1. The Labute approximate surface area is 126 Å². The van der Waals surface area contributed by atoms with Crippen molar-refractivity contribution in [2.45, 2.75) is 0 Å². The second kappa shape index (κ2) is 6.85. The molecule has 0 aliphatic rings. The van der Waals surface area contributed by atoms with Gasteiger partial charge >= 0.3 is 5.97 Å². The number of phenols is 1. The van der Waals surface area contributed by atoms with Crippen LogP contribution in [-0.2, 0) is 0 Å². The number of hydrogen-bond donors (Lipinski definition) is 2. The van der Waals surface area contributed by atoms with Crippen molar-refractivity contribution in [2.24, 2.45) is 0 Å². The number of benzene rings is 2. The maximum atomic E-state index is 10.7. The molecular formula is C15H13ClO5. The molecule has 0 amide bonds. The molecule has 0 radical (unpaired) electrons. The van der Waals surface area contributed by atoms with Crippen molar-refractivity contribution >= 4 is 17.6 Å². The van der Waals surface area contributed by atoms with Crippen molar-refractivity contribution in [3.8, 4) is 17.2 Å². The minimum absolute atomic E-state index is 0.172. The summed E-state index contributed by atoms with van der Waals surface area (Å²) in [5, 5.41) is 18.8. The van der Waals surface area contributed by atoms with Crippen LogP contribution in [0.15, 0.2) is 42.5 Å². The number of ether oxygens (including phenoxy) is 2. The Morgan fingerprint density at radius 1 is 1.10 bits per heavy atom. The molecular weight excluding hydrogens is 296 g/mol. The summed E-state index contributed by atoms with van der Waals surface area (Å²) in [6.07, 6.45) is 0. The van der Waals surface area contributed by atoms with Gasteiger partial charge in [-0.05, 0) is 24.3 Å². The number of hydrogen-bond acceptors (Lipinski definition) is 4. The monoisotopic (exact) mass is 308 g/mol. The van der Waals surface area contributed by atoms with Crippen molar-refractivity contribution in [3.63, 3.8) is 0 Å². The maximum absolute atomic E-state index is 10.7. The molecule has 110 valence electrons. The van der Waals surface area contributed by atoms with E-state index in [0.29, 0.717) is 16.5 Å². The van der Waals surface area contributed by atoms with Crippen LogP contribution in [-0.4, -0.2) is 29.4 Å². The summed E-state index contributed by atoms with van der Waals surface area (Å²) in [5.74, 6) is -0.611. The maximum Gasteiger partial charge on any atom is 0.339 e. The van der Waals surface area contributed by atoms with Gasteiger partial charge in [0.25, 0.3) is 0 Å². The van der Waals surface area contributed by atoms with Crippen LogP contribution >= 0.6 is 11.6 Å². The fourth-order valence-electron chi connectivity index (χ4n) is 1.66. The Balaban J connectivity index is 1.85. The summed E-state index contributed by atoms with van der Waals surface area (Å²) in [7, 11) is 0. The zero-order chi connectivity index (χ0) is 15.2. The van der Waals surface area contributed by atoms with Gasteiger partial charge in [-0.3, -0.25) is 0 Å². The number of para-hydroxylation sites is 1. The second-order valence-corrected chi connectivity index (χ2v) is 4.52. The summed E-state index contributed by atoms with van der Waals surface area (Å²) in [6, 6.07) is 11.1. The average molecular weight is 309 g/mol. The molecule has 6 heteroatoms. The third-order valence-corrected chi connectivity index (χ3v) is 2.96. The van der Waals surface area contributed by atoms with E-state index < -0.39 is 5.97 Å². The molecule has 0 fully saturated rings. The van der Waals surface area contributed by atoms with E-state index in [1.807, 2.05) is 6.07 Å². The van der Waals surface area contributed by atoms with Crippen LogP contribution in [0.5, 0.6) is 17.2 Å². The molecule has 0 atom stereocenters. The molecule has 0 spiro atoms. The topological polar surface area (TPSA) is 76.0 Å². The number of carboxylic acids is 1. The largest absolute Gasteiger partial charge is 0.507 e. The summed E-state index contributed by atoms with van der Waals surface area (Å²) < 4.78 is 10.8. The molecule has 0 heterocycles. The van der Waals surface area contributed by atoms with Gasteiger partial charge in [0.15, 0.2) is 0 Å². The number of halogens is 1. The summed E-state index contributed by atoms with van der Waals surface area (Å²) in [6.45, 7) is 0.502. The first-order valence-corrected chi connectivity index (χ1v) is 6.52. The highest BCUT2D eigenvalue weighted by Gasteiger charge is 2.10. The van der Waals surface area contributed by atoms with Gasteiger partial charge in [-0.1, -0.05) is 23.7 Å². The summed E-state index contributed by atoms with van der Waals surface area (Å²) in [4.78, 5) is 10.7. The van der Waals surface area contributed by atoms with Crippen LogP contribution < -0.4 is 9.47 Å². The van der Waals surface area contributed by atoms with E-state index in [2.05, 4.69) is 0 Å². The lowest BCUT2D eigenvalue weighted by molar-refractivity contribution is 0.0693. The van der Waals surface area contributed by atoms with E-state index in [4.69, 9.17) is 26.2 Å². The van der Waals surface area contributed by atoms with Crippen LogP contribution in [0.3, 0.4) is 0 Å². The predicted molar refractivity (Wildman–Crippen MR) is 77.5 cm³/mol. The fraction of sp³-hybridized carbons (Fsp3) is 0.133. The lowest BCUT2D eigenvalue weighted by atomic mass is 10.2. The van der Waals surface area contributed by atoms with Gasteiger partial charge in [-0.2, -0.15) is 0 Å². The first-order chi connectivity index (χ1) is 10.1. The first-order valence-electron chi connectivity index (χ1n) is 6.14. The Bertz CT molecular complexity index is 642. The molecule has 21 heavy (non-hydrogen) atoms. The van der Waals surface area contributed by atoms with Crippen molar-refractivity contribution in [3.05, 3.63) is 53.1 Å². The number of rotatable bonds is 6. The van der Waals surface area contributed by atoms with Gasteiger partial charge in [0, 0.05) is 6.07 Å². The Hall–Kier alpha value is -2.40. The van der Waals surface area contributed by atoms with Gasteiger partial charge in [-0.25, -0.2) is 4.79 Å². The minimum Gasteiger partial charge on any atom is -0.507 e. The molecule has 0 saturated carbocycles. The molecule has 2 rings (SSSR count). The van der Waals surface area contributed by atoms with Gasteiger partial charge in [-0.15, -0.1) is 0 Å². The van der Waals surface area contributed by atoms with Gasteiger partial charge in [0.2, 0.25) is 0 Å². The third kappa shape index (κ3) is 4.03. The van der Waals surface area contributed by atoms with Crippen molar-refractivity contribution < 1.29 is 24.5 Å². The van der Waals surface area contributed by atoms with E-state index in [1.54, 1.807) is 18.2 Å². The normalized spacial score (nSPS) is 10.1. The predicted octanol–water partition coefficient (Wildman–Crippen LogP) is 3.20. The molecule has 0 aromatic heterocycles. The van der Waals surface area contributed by atoms with Gasteiger partial charge in [0.1, 0.15) is 36.0 Å². The SMILES string of the molecule is O=C(O)c1ccc(OCCOc2ccccc2Cl)cc1O. The second-order valence-electron chi connectivity index (χ2n) is 4.11. The van der Waals surface area contributed by atoms with Crippen molar-refractivity contribution in [1.82, 2.24) is 0 Å². The molecule has 0 aliphatic carbocycles. The molecule has 2 N–H and O–H groups in total. The molecule has 0 saturated heterocycles. The zero-order valence-corrected chi connectivity index (χ0v) is 11.7. The van der Waals surface area contributed by atoms with E-state index >= 15 is 0 Å². The van der Waals surface area contributed by atoms with E-state index in [-0.39, 0.29) is 24.5 Å². The zero-order valence-electron chi connectivity index (χ0n) is 11.0. The van der Waals surface area contributed by atoms with E-state index in [0.717, 1.165) is 0 Å². The number of carbonyl (C=O) groups is 1. The lowest BCUT2D eigenvalue weighted by Crippen LogP contribution is -2.09. The number of aromatic hydroxyl groups is 1. The molecule has 2 aromatic rings. The summed E-state index contributed by atoms with van der Waals surface area (Å²) in [5.41, 5.74) is -0.172. The van der Waals surface area contributed by atoms with Gasteiger partial charge < -0.3 is 19.7 Å². The quantitative estimate of drug-likeness (QED) is 0.801. The first kappa shape index (κ1) is 15.0. The van der Waals surface area contributed by atoms with Crippen LogP contribution in [0.1, 0.15) is 10.4 Å². The molecule has 0 aliphatic heterocycles. The number of carboxylic acid groups (broad SMARTS) is 1. The van der Waals surface area contributed by atoms with Crippen molar-refractivity contribution in [1.29, 1.82) is 0 Å². The summed E-state index contributed by atoms with van der Waals surface area (Å²) >= 11 is 5.93. The van der Waals surface area contributed by atoms with Crippen LogP contribution in [0.2, 0.25) is 5.02 Å². The Kier molecular flexibility index (Phi) is 4.90. The molecule has 2 aromatic carbocycles. The fourth-order valence-corrected chi connectivity index (χ4v) is 1.85. The Morgan fingerprint density at radius 2 is 1.81 bits per heavy atom. The van der Waals surface area contributed by atoms with Gasteiger partial charge in [0.05, 0.1) is 5.02 Å². The highest BCUT2D eigenvalue weighted by Crippen LogP contribution is 2.24. The third-order valence-electron chi connectivity index (χ3n) is 2.65. The minimum atomic E-state index is -1.19. The highest BCUT2D eigenvalue weighted by molar-refractivity contribution is 6.32.